The van der Waals surface area contributed by atoms with Gasteiger partial charge in [-0.2, -0.15) is 0 Å². The van der Waals surface area contributed by atoms with Crippen LogP contribution in [-0.2, 0) is 0 Å². The van der Waals surface area contributed by atoms with Gasteiger partial charge in [0.15, 0.2) is 0 Å². The average Bonchev–Trinajstić information content (AvgIpc) is 2.37. The van der Waals surface area contributed by atoms with Crippen molar-refractivity contribution in [3.05, 3.63) is 53.8 Å². The predicted octanol–water partition coefficient (Wildman–Crippen LogP) is 3.37. The normalized spacial score (nSPS) is 12.7. The van der Waals surface area contributed by atoms with Crippen molar-refractivity contribution in [2.75, 3.05) is 5.73 Å². The highest BCUT2D eigenvalue weighted by Crippen LogP contribution is 2.26. The highest BCUT2D eigenvalue weighted by atomic mass is 19.3. The van der Waals surface area contributed by atoms with E-state index in [-0.39, 0.29) is 11.3 Å². The predicted molar refractivity (Wildman–Crippen MR) is 67.2 cm³/mol. The van der Waals surface area contributed by atoms with E-state index in [0.29, 0.717) is 11.1 Å². The van der Waals surface area contributed by atoms with E-state index in [1.807, 2.05) is 0 Å². The molecule has 0 saturated carbocycles. The summed E-state index contributed by atoms with van der Waals surface area (Å²) in [6.07, 6.45) is -4.65. The number of nitrogens with two attached hydrogens (primary N) is 1. The second kappa shape index (κ2) is 5.32. The van der Waals surface area contributed by atoms with Crippen LogP contribution in [0.15, 0.2) is 42.5 Å². The summed E-state index contributed by atoms with van der Waals surface area (Å²) in [7, 11) is 0. The van der Waals surface area contributed by atoms with Crippen LogP contribution in [0.4, 0.5) is 18.9 Å². The van der Waals surface area contributed by atoms with Crippen LogP contribution in [0, 0.1) is 5.82 Å². The van der Waals surface area contributed by atoms with Crippen molar-refractivity contribution in [3.8, 4) is 11.1 Å². The number of halogens is 3. The van der Waals surface area contributed by atoms with Crippen LogP contribution in [0.2, 0.25) is 0 Å². The van der Waals surface area contributed by atoms with Gasteiger partial charge >= 0.3 is 0 Å². The molecule has 2 rings (SSSR count). The zero-order valence-corrected chi connectivity index (χ0v) is 9.85. The van der Waals surface area contributed by atoms with Crippen LogP contribution in [0.5, 0.6) is 0 Å². The van der Waals surface area contributed by atoms with Gasteiger partial charge in [0.05, 0.1) is 0 Å². The first-order valence-electron chi connectivity index (χ1n) is 5.60. The molecule has 0 saturated heterocycles. The molecule has 2 nitrogen and oxygen atoms in total. The topological polar surface area (TPSA) is 46.2 Å². The quantitative estimate of drug-likeness (QED) is 0.837. The zero-order chi connectivity index (χ0) is 14.0. The zero-order valence-electron chi connectivity index (χ0n) is 9.85. The Bertz CT molecular complexity index is 549. The van der Waals surface area contributed by atoms with Crippen molar-refractivity contribution in [2.45, 2.75) is 12.5 Å². The lowest BCUT2D eigenvalue weighted by Crippen LogP contribution is -2.07. The molecule has 1 atom stereocenters. The maximum atomic E-state index is 13.2. The fourth-order valence-electron chi connectivity index (χ4n) is 1.80. The monoisotopic (exact) mass is 267 g/mol. The second-order valence-electron chi connectivity index (χ2n) is 4.17. The van der Waals surface area contributed by atoms with Crippen molar-refractivity contribution >= 4 is 5.69 Å². The lowest BCUT2D eigenvalue weighted by Gasteiger charge is -2.10. The van der Waals surface area contributed by atoms with Crippen molar-refractivity contribution in [1.29, 1.82) is 0 Å². The number of nitrogen functional groups attached to an aromatic ring is 1. The molecule has 19 heavy (non-hydrogen) atoms. The van der Waals surface area contributed by atoms with Gasteiger partial charge in [0, 0.05) is 5.69 Å². The molecular formula is C14H12F3NO. The molecule has 0 amide bonds. The van der Waals surface area contributed by atoms with E-state index in [0.717, 1.165) is 0 Å². The fraction of sp³-hybridized carbons (Fsp3) is 0.143. The first kappa shape index (κ1) is 13.4. The summed E-state index contributed by atoms with van der Waals surface area (Å²) in [5, 5.41) is 9.22. The molecule has 0 aromatic heterocycles. The summed E-state index contributed by atoms with van der Waals surface area (Å²) in [6.45, 7) is 0. The second-order valence-corrected chi connectivity index (χ2v) is 4.17. The molecule has 0 aliphatic rings. The Hall–Kier alpha value is -2.01. The van der Waals surface area contributed by atoms with E-state index in [1.54, 1.807) is 6.07 Å². The summed E-state index contributed by atoms with van der Waals surface area (Å²) in [4.78, 5) is 0. The highest BCUT2D eigenvalue weighted by molar-refractivity contribution is 5.67. The molecule has 2 aromatic carbocycles. The molecule has 0 aliphatic heterocycles. The summed E-state index contributed by atoms with van der Waals surface area (Å²) < 4.78 is 37.9. The van der Waals surface area contributed by atoms with Crippen LogP contribution in [-0.4, -0.2) is 11.5 Å². The van der Waals surface area contributed by atoms with Crippen molar-refractivity contribution in [1.82, 2.24) is 0 Å². The minimum Gasteiger partial charge on any atom is -0.399 e. The van der Waals surface area contributed by atoms with Gasteiger partial charge < -0.3 is 10.8 Å². The number of hydrogen-bond donors (Lipinski definition) is 2. The van der Waals surface area contributed by atoms with E-state index in [9.17, 15) is 18.3 Å². The summed E-state index contributed by atoms with van der Waals surface area (Å²) in [6, 6.07) is 9.92. The lowest BCUT2D eigenvalue weighted by molar-refractivity contribution is -0.00577. The van der Waals surface area contributed by atoms with Gasteiger partial charge in [0.1, 0.15) is 11.9 Å². The van der Waals surface area contributed by atoms with Gasteiger partial charge in [-0.1, -0.05) is 24.3 Å². The van der Waals surface area contributed by atoms with Crippen molar-refractivity contribution in [2.24, 2.45) is 0 Å². The third-order valence-corrected chi connectivity index (χ3v) is 2.74. The SMILES string of the molecule is Nc1cc(F)cc(-c2ccc([C@H](O)C(F)F)cc2)c1. The Balaban J connectivity index is 2.32. The molecule has 0 fully saturated rings. The largest absolute Gasteiger partial charge is 0.399 e. The molecule has 0 radical (unpaired) electrons. The van der Waals surface area contributed by atoms with Gasteiger partial charge in [0.25, 0.3) is 6.43 Å². The minimum atomic E-state index is -2.84. The van der Waals surface area contributed by atoms with E-state index < -0.39 is 18.3 Å². The standard InChI is InChI=1S/C14H12F3NO/c15-11-5-10(6-12(18)7-11)8-1-3-9(4-2-8)13(19)14(16)17/h1-7,13-14,19H,18H2/t13-/m0/s1. The Morgan fingerprint density at radius 2 is 1.58 bits per heavy atom. The van der Waals surface area contributed by atoms with Gasteiger partial charge in [0.2, 0.25) is 0 Å². The number of hydrogen-bond acceptors (Lipinski definition) is 2. The highest BCUT2D eigenvalue weighted by Gasteiger charge is 2.18. The van der Waals surface area contributed by atoms with E-state index in [1.165, 1.54) is 36.4 Å². The van der Waals surface area contributed by atoms with E-state index in [2.05, 4.69) is 0 Å². The molecule has 3 N–H and O–H groups in total. The third-order valence-electron chi connectivity index (χ3n) is 2.74. The smallest absolute Gasteiger partial charge is 0.268 e. The number of anilines is 1. The van der Waals surface area contributed by atoms with Crippen molar-refractivity contribution in [3.63, 3.8) is 0 Å². The summed E-state index contributed by atoms with van der Waals surface area (Å²) in [5.74, 6) is -0.466. The molecule has 100 valence electrons. The number of benzene rings is 2. The third kappa shape index (κ3) is 3.06. The Morgan fingerprint density at radius 1 is 0.947 bits per heavy atom. The van der Waals surface area contributed by atoms with E-state index in [4.69, 9.17) is 5.73 Å². The number of aliphatic hydroxyl groups is 1. The molecule has 0 unspecified atom stereocenters. The molecule has 0 spiro atoms. The maximum Gasteiger partial charge on any atom is 0.268 e. The van der Waals surface area contributed by atoms with Crippen LogP contribution in [0.3, 0.4) is 0 Å². The molecule has 0 aliphatic carbocycles. The number of rotatable bonds is 3. The molecule has 0 heterocycles. The maximum absolute atomic E-state index is 13.2. The lowest BCUT2D eigenvalue weighted by atomic mass is 10.0. The molecule has 5 heteroatoms. The Labute approximate surface area is 108 Å². The number of aliphatic hydroxyl groups excluding tert-OH is 1. The summed E-state index contributed by atoms with van der Waals surface area (Å²) in [5.41, 5.74) is 7.12. The van der Waals surface area contributed by atoms with Crippen LogP contribution < -0.4 is 5.73 Å². The molecule has 2 aromatic rings. The number of alkyl halides is 2. The van der Waals surface area contributed by atoms with Gasteiger partial charge in [-0.25, -0.2) is 13.2 Å². The van der Waals surface area contributed by atoms with Crippen LogP contribution in [0.25, 0.3) is 11.1 Å². The first-order valence-corrected chi connectivity index (χ1v) is 5.60. The average molecular weight is 267 g/mol. The molecular weight excluding hydrogens is 255 g/mol. The molecule has 0 bridgehead atoms. The van der Waals surface area contributed by atoms with Crippen molar-refractivity contribution < 1.29 is 18.3 Å². The Kier molecular flexibility index (Phi) is 3.76. The van der Waals surface area contributed by atoms with Crippen LogP contribution >= 0.6 is 0 Å². The minimum absolute atomic E-state index is 0.114. The fourth-order valence-corrected chi connectivity index (χ4v) is 1.80. The van der Waals surface area contributed by atoms with E-state index >= 15 is 0 Å². The summed E-state index contributed by atoms with van der Waals surface area (Å²) >= 11 is 0. The van der Waals surface area contributed by atoms with Gasteiger partial charge in [-0.15, -0.1) is 0 Å². The van der Waals surface area contributed by atoms with Gasteiger partial charge in [-0.05, 0) is 34.9 Å². The first-order chi connectivity index (χ1) is 8.97. The van der Waals surface area contributed by atoms with Crippen LogP contribution in [0.1, 0.15) is 11.7 Å². The van der Waals surface area contributed by atoms with Gasteiger partial charge in [-0.3, -0.25) is 0 Å². The Morgan fingerprint density at radius 3 is 2.11 bits per heavy atom.